The maximum Gasteiger partial charge on any atom is 0.338 e. The zero-order valence-corrected chi connectivity index (χ0v) is 38.4. The molecule has 12 heteroatoms. The molecule has 2 saturated heterocycles. The van der Waals surface area contributed by atoms with Gasteiger partial charge in [0, 0.05) is 12.1 Å². The quantitative estimate of drug-likeness (QED) is 0.0609. The van der Waals surface area contributed by atoms with Crippen LogP contribution in [0.4, 0.5) is 38.0 Å². The van der Waals surface area contributed by atoms with Crippen LogP contribution in [0.25, 0.3) is 0 Å². The zero-order valence-electron chi connectivity index (χ0n) is 38.4. The van der Waals surface area contributed by atoms with E-state index >= 15 is 0 Å². The molecule has 6 aromatic carbocycles. The Morgan fingerprint density at radius 2 is 0.797 bits per heavy atom. The van der Waals surface area contributed by atoms with Gasteiger partial charge in [-0.2, -0.15) is 4.99 Å². The van der Waals surface area contributed by atoms with Crippen LogP contribution in [0, 0.1) is 11.5 Å². The van der Waals surface area contributed by atoms with Crippen molar-refractivity contribution in [2.45, 2.75) is 95.6 Å². The molecule has 2 aliphatic carbocycles. The van der Waals surface area contributed by atoms with Crippen molar-refractivity contribution in [2.75, 3.05) is 9.80 Å². The Balaban J connectivity index is 0.824. The maximum atomic E-state index is 13.9. The Labute approximate surface area is 402 Å². The molecule has 0 spiro atoms. The van der Waals surface area contributed by atoms with Gasteiger partial charge in [-0.25, -0.2) is 34.2 Å². The lowest BCUT2D eigenvalue weighted by atomic mass is 9.93. The minimum atomic E-state index is -0.0431. The van der Waals surface area contributed by atoms with Crippen molar-refractivity contribution in [2.24, 2.45) is 15.0 Å². The van der Waals surface area contributed by atoms with Gasteiger partial charge in [0.1, 0.15) is 5.75 Å². The molecule has 4 amide bonds. The fraction of sp³-hybridized carbons (Fsp3) is 0.263. The summed E-state index contributed by atoms with van der Waals surface area (Å²) in [5.41, 5.74) is 10.4. The summed E-state index contributed by atoms with van der Waals surface area (Å²) in [6, 6.07) is 47.8. The van der Waals surface area contributed by atoms with E-state index in [0.717, 1.165) is 114 Å². The molecule has 6 aromatic rings. The van der Waals surface area contributed by atoms with E-state index < -0.39 is 0 Å². The number of nitriles is 1. The number of aliphatic imine (C=N–C) groups is 3. The van der Waals surface area contributed by atoms with E-state index in [1.54, 1.807) is 46.4 Å². The molecule has 69 heavy (non-hydrogen) atoms. The van der Waals surface area contributed by atoms with Crippen LogP contribution in [-0.2, 0) is 24.1 Å². The van der Waals surface area contributed by atoms with E-state index in [1.165, 1.54) is 12.8 Å². The van der Waals surface area contributed by atoms with Gasteiger partial charge in [0.15, 0.2) is 0 Å². The summed E-state index contributed by atoms with van der Waals surface area (Å²) in [6.07, 6.45) is 16.1. The third kappa shape index (κ3) is 9.96. The lowest BCUT2D eigenvalue weighted by molar-refractivity contribution is 0.187. The monoisotopic (exact) mass is 912 g/mol. The molecular weight excluding hydrogens is 861 g/mol. The highest BCUT2D eigenvalue weighted by atomic mass is 16.5. The summed E-state index contributed by atoms with van der Waals surface area (Å²) in [6.45, 7) is 0. The highest BCUT2D eigenvalue weighted by Gasteiger charge is 2.48. The number of amides is 4. The van der Waals surface area contributed by atoms with Crippen LogP contribution in [0.3, 0.4) is 0 Å². The van der Waals surface area contributed by atoms with Crippen LogP contribution < -0.4 is 14.5 Å². The first-order valence-electron chi connectivity index (χ1n) is 24.0. The van der Waals surface area contributed by atoms with Crippen LogP contribution in [0.15, 0.2) is 161 Å². The lowest BCUT2D eigenvalue weighted by Crippen LogP contribution is -2.68. The van der Waals surface area contributed by atoms with E-state index in [9.17, 15) is 14.4 Å². The van der Waals surface area contributed by atoms with E-state index in [-0.39, 0.29) is 24.1 Å². The maximum absolute atomic E-state index is 13.9. The largest absolute Gasteiger partial charge is 0.388 e. The minimum absolute atomic E-state index is 0.0388. The topological polar surface area (TPSA) is 134 Å². The predicted molar refractivity (Wildman–Crippen MR) is 268 cm³/mol. The minimum Gasteiger partial charge on any atom is -0.388 e. The van der Waals surface area contributed by atoms with E-state index in [0.29, 0.717) is 36.2 Å². The number of nitrogens with zero attached hydrogens (tertiary/aromatic N) is 8. The van der Waals surface area contributed by atoms with Gasteiger partial charge in [-0.3, -0.25) is 9.80 Å². The highest BCUT2D eigenvalue weighted by molar-refractivity contribution is 6.31. The number of carbonyl (C=O) groups is 2. The Hall–Kier alpha value is -8.13. The number of guanidine groups is 2. The van der Waals surface area contributed by atoms with Crippen molar-refractivity contribution >= 4 is 58.5 Å². The van der Waals surface area contributed by atoms with Crippen LogP contribution in [0.1, 0.15) is 97.6 Å². The summed E-state index contributed by atoms with van der Waals surface area (Å²) in [4.78, 5) is 59.5. The summed E-state index contributed by atoms with van der Waals surface area (Å²) >= 11 is 0. The van der Waals surface area contributed by atoms with E-state index in [1.807, 2.05) is 94.7 Å². The van der Waals surface area contributed by atoms with Crippen molar-refractivity contribution in [3.05, 3.63) is 179 Å². The number of carbonyl (C=O) groups excluding carboxylic acids is 3. The van der Waals surface area contributed by atoms with E-state index in [2.05, 4.69) is 41.4 Å². The Kier molecular flexibility index (Phi) is 13.2. The molecule has 0 aromatic heterocycles. The van der Waals surface area contributed by atoms with Crippen LogP contribution >= 0.6 is 0 Å². The van der Waals surface area contributed by atoms with Gasteiger partial charge in [0.2, 0.25) is 18.0 Å². The molecule has 4 aliphatic rings. The van der Waals surface area contributed by atoms with Crippen LogP contribution in [0.5, 0.6) is 5.75 Å². The van der Waals surface area contributed by atoms with Crippen LogP contribution in [0.2, 0.25) is 0 Å². The van der Waals surface area contributed by atoms with Crippen LogP contribution in [-0.4, -0.2) is 51.9 Å². The summed E-state index contributed by atoms with van der Waals surface area (Å²) < 4.78 is 4.92. The van der Waals surface area contributed by atoms with Gasteiger partial charge in [-0.05, 0) is 151 Å². The molecule has 0 N–H and O–H groups in total. The third-order valence-corrected chi connectivity index (χ3v) is 13.6. The van der Waals surface area contributed by atoms with E-state index in [4.69, 9.17) is 20.0 Å². The summed E-state index contributed by atoms with van der Waals surface area (Å²) in [5.74, 6) is 1.84. The fourth-order valence-corrected chi connectivity index (χ4v) is 9.97. The first kappa shape index (κ1) is 44.7. The molecule has 2 saturated carbocycles. The lowest BCUT2D eigenvalue weighted by Gasteiger charge is -2.47. The standard InChI is InChI=1S/C57H52N8O4/c58-38-69-53-33-21-45(22-34-53)37-42-15-27-48(28-16-42)61-55-63(50-9-5-2-6-10-50)57(68)65(55)52-31-19-44(20-32-52)36-41-13-25-47(26-14-41)60-54-62(49-7-3-1-4-8-49)56(67)64(54)51-29-17-43(18-30-51)35-40-11-23-46(24-12-40)59-39-66/h11-34,49-50H,1-10,35-37H2. The Bertz CT molecular complexity index is 2940. The SMILES string of the molecule is N#COc1ccc(Cc2ccc(N=C3N(c4ccc(Cc5ccc(N=C6N(c7ccc(Cc8ccc(N=C=O)cc8)cc7)C(=O)N6C6CCCCC6)cc5)cc4)C(=O)N3C3CCCCC3)cc2)cc1. The average Bonchev–Trinajstić information content (AvgIpc) is 3.38. The Morgan fingerprint density at radius 1 is 0.464 bits per heavy atom. The first-order valence-corrected chi connectivity index (χ1v) is 24.0. The van der Waals surface area contributed by atoms with Crippen molar-refractivity contribution in [3.63, 3.8) is 0 Å². The molecule has 0 atom stereocenters. The van der Waals surface area contributed by atoms with Gasteiger partial charge < -0.3 is 4.74 Å². The van der Waals surface area contributed by atoms with Gasteiger partial charge in [0.25, 0.3) is 6.26 Å². The van der Waals surface area contributed by atoms with Gasteiger partial charge in [-0.1, -0.05) is 111 Å². The smallest absolute Gasteiger partial charge is 0.338 e. The number of isocyanates is 1. The second kappa shape index (κ2) is 20.4. The number of rotatable bonds is 14. The average molecular weight is 913 g/mol. The summed E-state index contributed by atoms with van der Waals surface area (Å²) in [7, 11) is 0. The molecule has 344 valence electrons. The Morgan fingerprint density at radius 3 is 1.14 bits per heavy atom. The normalized spacial score (nSPS) is 17.6. The molecule has 12 nitrogen and oxygen atoms in total. The number of hydrogen-bond donors (Lipinski definition) is 0. The molecule has 2 aliphatic heterocycles. The molecular formula is C57H52N8O4. The van der Waals surface area contributed by atoms with Gasteiger partial charge >= 0.3 is 12.1 Å². The fourth-order valence-electron chi connectivity index (χ4n) is 9.97. The van der Waals surface area contributed by atoms with Crippen molar-refractivity contribution in [1.82, 2.24) is 9.80 Å². The van der Waals surface area contributed by atoms with Gasteiger partial charge in [0.05, 0.1) is 28.4 Å². The number of hydrogen-bond acceptors (Lipinski definition) is 8. The first-order chi connectivity index (χ1) is 33.9. The highest BCUT2D eigenvalue weighted by Crippen LogP contribution is 2.37. The molecule has 2 heterocycles. The third-order valence-electron chi connectivity index (χ3n) is 13.6. The number of benzene rings is 6. The molecule has 0 bridgehead atoms. The number of ether oxygens (including phenoxy) is 1. The zero-order chi connectivity index (χ0) is 47.1. The molecule has 4 fully saturated rings. The van der Waals surface area contributed by atoms with Crippen molar-refractivity contribution in [1.29, 1.82) is 5.26 Å². The van der Waals surface area contributed by atoms with Crippen molar-refractivity contribution < 1.29 is 19.1 Å². The summed E-state index contributed by atoms with van der Waals surface area (Å²) in [5, 5.41) is 8.79. The molecule has 0 unspecified atom stereocenters. The molecule has 10 rings (SSSR count). The second-order valence-electron chi connectivity index (χ2n) is 18.3. The number of urea groups is 2. The van der Waals surface area contributed by atoms with Crippen molar-refractivity contribution in [3.8, 4) is 12.0 Å². The molecule has 0 radical (unpaired) electrons. The number of anilines is 2. The predicted octanol–water partition coefficient (Wildman–Crippen LogP) is 12.8. The second-order valence-corrected chi connectivity index (χ2v) is 18.3. The van der Waals surface area contributed by atoms with Gasteiger partial charge in [-0.15, -0.1) is 5.26 Å².